The topological polar surface area (TPSA) is 64.1 Å². The van der Waals surface area contributed by atoms with Crippen LogP contribution < -0.4 is 0 Å². The van der Waals surface area contributed by atoms with Crippen molar-refractivity contribution in [2.45, 2.75) is 46.6 Å². The first-order valence-electron chi connectivity index (χ1n) is 9.41. The minimum atomic E-state index is -0.326. The second kappa shape index (κ2) is 8.25. The van der Waals surface area contributed by atoms with Gasteiger partial charge in [0, 0.05) is 47.0 Å². The number of esters is 1. The number of carbonyl (C=O) groups excluding carboxylic acids is 2. The number of nitrogens with one attached hydrogen (secondary N) is 1. The molecule has 0 aliphatic rings. The number of nitrogens with zero attached hydrogens (tertiary/aromatic N) is 1. The number of hydrogen-bond donors (Lipinski definition) is 1. The maximum Gasteiger partial charge on any atom is 0.306 e. The SMILES string of the molecule is CCn1c(C)cc(C(=O)COC(=O)CCCc2c[nH]c3ccccc23)c1C. The van der Waals surface area contributed by atoms with Crippen molar-refractivity contribution in [2.24, 2.45) is 0 Å². The monoisotopic (exact) mass is 366 g/mol. The predicted octanol–water partition coefficient (Wildman–Crippen LogP) is 4.35. The summed E-state index contributed by atoms with van der Waals surface area (Å²) in [5.74, 6) is -0.472. The van der Waals surface area contributed by atoms with E-state index in [9.17, 15) is 9.59 Å². The first-order valence-corrected chi connectivity index (χ1v) is 9.41. The van der Waals surface area contributed by atoms with Crippen molar-refractivity contribution in [2.75, 3.05) is 6.61 Å². The predicted molar refractivity (Wildman–Crippen MR) is 106 cm³/mol. The van der Waals surface area contributed by atoms with Gasteiger partial charge in [0.15, 0.2) is 6.61 Å². The molecule has 3 aromatic rings. The Morgan fingerprint density at radius 1 is 1.19 bits per heavy atom. The maximum absolute atomic E-state index is 12.4. The van der Waals surface area contributed by atoms with Gasteiger partial charge in [-0.05, 0) is 51.3 Å². The molecule has 0 unspecified atom stereocenters. The van der Waals surface area contributed by atoms with Gasteiger partial charge in [0.1, 0.15) is 0 Å². The molecule has 0 saturated heterocycles. The first kappa shape index (κ1) is 19.0. The normalized spacial score (nSPS) is 11.1. The molecule has 2 aromatic heterocycles. The van der Waals surface area contributed by atoms with Crippen molar-refractivity contribution in [1.82, 2.24) is 9.55 Å². The second-order valence-corrected chi connectivity index (χ2v) is 6.83. The molecule has 0 bridgehead atoms. The standard InChI is InChI=1S/C22H26N2O3/c1-4-24-15(2)12-19(16(24)3)21(25)14-27-22(26)11-7-8-17-13-23-20-10-6-5-9-18(17)20/h5-6,9-10,12-13,23H,4,7-8,11,14H2,1-3H3. The Bertz CT molecular complexity index is 965. The van der Waals surface area contributed by atoms with Crippen molar-refractivity contribution < 1.29 is 14.3 Å². The summed E-state index contributed by atoms with van der Waals surface area (Å²) in [6, 6.07) is 9.98. The van der Waals surface area contributed by atoms with Crippen LogP contribution in [0.25, 0.3) is 10.9 Å². The average Bonchev–Trinajstić information content (AvgIpc) is 3.20. The highest BCUT2D eigenvalue weighted by Gasteiger charge is 2.16. The number of aryl methyl sites for hydroxylation is 2. The largest absolute Gasteiger partial charge is 0.457 e. The van der Waals surface area contributed by atoms with Crippen LogP contribution >= 0.6 is 0 Å². The molecule has 0 saturated carbocycles. The zero-order valence-corrected chi connectivity index (χ0v) is 16.2. The maximum atomic E-state index is 12.4. The van der Waals surface area contributed by atoms with Gasteiger partial charge in [0.25, 0.3) is 0 Å². The lowest BCUT2D eigenvalue weighted by atomic mass is 10.1. The van der Waals surface area contributed by atoms with Crippen LogP contribution in [0.15, 0.2) is 36.5 Å². The van der Waals surface area contributed by atoms with Crippen molar-refractivity contribution in [3.05, 3.63) is 59.0 Å². The lowest BCUT2D eigenvalue weighted by molar-refractivity contribution is -0.142. The fourth-order valence-corrected chi connectivity index (χ4v) is 3.63. The van der Waals surface area contributed by atoms with Gasteiger partial charge in [-0.25, -0.2) is 0 Å². The third kappa shape index (κ3) is 4.13. The lowest BCUT2D eigenvalue weighted by Gasteiger charge is -2.06. The highest BCUT2D eigenvalue weighted by atomic mass is 16.5. The smallest absolute Gasteiger partial charge is 0.306 e. The summed E-state index contributed by atoms with van der Waals surface area (Å²) in [5.41, 5.74) is 4.91. The van der Waals surface area contributed by atoms with Gasteiger partial charge in [-0.3, -0.25) is 9.59 Å². The summed E-state index contributed by atoms with van der Waals surface area (Å²) in [4.78, 5) is 27.6. The zero-order chi connectivity index (χ0) is 19.4. The number of Topliss-reactive ketones (excluding diaryl/α,β-unsaturated/α-hetero) is 1. The fraction of sp³-hybridized carbons (Fsp3) is 0.364. The Balaban J connectivity index is 1.48. The van der Waals surface area contributed by atoms with Gasteiger partial charge in [-0.15, -0.1) is 0 Å². The summed E-state index contributed by atoms with van der Waals surface area (Å²) in [5, 5.41) is 1.19. The number of hydrogen-bond acceptors (Lipinski definition) is 3. The molecule has 5 heteroatoms. The quantitative estimate of drug-likeness (QED) is 0.476. The van der Waals surface area contributed by atoms with Crippen LogP contribution in [0.5, 0.6) is 0 Å². The Morgan fingerprint density at radius 2 is 1.96 bits per heavy atom. The molecule has 0 amide bonds. The lowest BCUT2D eigenvalue weighted by Crippen LogP contribution is -2.15. The van der Waals surface area contributed by atoms with Crippen LogP contribution in [0.1, 0.15) is 47.1 Å². The third-order valence-electron chi connectivity index (χ3n) is 5.06. The van der Waals surface area contributed by atoms with Gasteiger partial charge in [0.2, 0.25) is 5.78 Å². The molecule has 1 N–H and O–H groups in total. The number of benzene rings is 1. The Kier molecular flexibility index (Phi) is 5.79. The molecule has 3 rings (SSSR count). The van der Waals surface area contributed by atoms with E-state index in [1.165, 1.54) is 10.9 Å². The van der Waals surface area contributed by atoms with Gasteiger partial charge in [-0.2, -0.15) is 0 Å². The molecule has 142 valence electrons. The molecule has 5 nitrogen and oxygen atoms in total. The zero-order valence-electron chi connectivity index (χ0n) is 16.2. The van der Waals surface area contributed by atoms with E-state index in [1.807, 2.05) is 51.2 Å². The van der Waals surface area contributed by atoms with Crippen molar-refractivity contribution >= 4 is 22.7 Å². The van der Waals surface area contributed by atoms with E-state index >= 15 is 0 Å². The molecule has 0 aliphatic carbocycles. The number of aromatic nitrogens is 2. The molecule has 0 spiro atoms. The Labute approximate surface area is 159 Å². The molecule has 0 radical (unpaired) electrons. The van der Waals surface area contributed by atoms with Crippen LogP contribution in [0, 0.1) is 13.8 Å². The molecular weight excluding hydrogens is 340 g/mol. The molecule has 2 heterocycles. The van der Waals surface area contributed by atoms with Crippen LogP contribution in [-0.2, 0) is 22.5 Å². The fourth-order valence-electron chi connectivity index (χ4n) is 3.63. The number of para-hydroxylation sites is 1. The third-order valence-corrected chi connectivity index (χ3v) is 5.06. The summed E-state index contributed by atoms with van der Waals surface area (Å²) in [7, 11) is 0. The molecular formula is C22H26N2O3. The number of ether oxygens (including phenoxy) is 1. The number of carbonyl (C=O) groups is 2. The number of rotatable bonds is 8. The first-order chi connectivity index (χ1) is 13.0. The summed E-state index contributed by atoms with van der Waals surface area (Å²) < 4.78 is 7.28. The number of H-pyrrole nitrogens is 1. The van der Waals surface area contributed by atoms with Crippen LogP contribution in [0.2, 0.25) is 0 Å². The van der Waals surface area contributed by atoms with Gasteiger partial charge < -0.3 is 14.3 Å². The van der Waals surface area contributed by atoms with Crippen LogP contribution in [0.3, 0.4) is 0 Å². The summed E-state index contributed by atoms with van der Waals surface area (Å²) in [6.07, 6.45) is 3.79. The number of aromatic amines is 1. The van der Waals surface area contributed by atoms with Gasteiger partial charge in [-0.1, -0.05) is 18.2 Å². The Morgan fingerprint density at radius 3 is 2.70 bits per heavy atom. The average molecular weight is 366 g/mol. The number of fused-ring (bicyclic) bond motifs is 1. The molecule has 0 fully saturated rings. The van der Waals surface area contributed by atoms with Crippen molar-refractivity contribution in [3.63, 3.8) is 0 Å². The highest BCUT2D eigenvalue weighted by molar-refractivity contribution is 5.99. The molecule has 27 heavy (non-hydrogen) atoms. The van der Waals surface area contributed by atoms with Crippen LogP contribution in [0.4, 0.5) is 0 Å². The molecule has 1 aromatic carbocycles. The van der Waals surface area contributed by atoms with Crippen LogP contribution in [-0.4, -0.2) is 27.9 Å². The van der Waals surface area contributed by atoms with Gasteiger partial charge >= 0.3 is 5.97 Å². The molecule has 0 aliphatic heterocycles. The summed E-state index contributed by atoms with van der Waals surface area (Å²) in [6.45, 7) is 6.57. The van der Waals surface area contributed by atoms with E-state index in [0.29, 0.717) is 18.4 Å². The van der Waals surface area contributed by atoms with E-state index in [-0.39, 0.29) is 18.4 Å². The van der Waals surface area contributed by atoms with Crippen molar-refractivity contribution in [3.8, 4) is 0 Å². The summed E-state index contributed by atoms with van der Waals surface area (Å²) >= 11 is 0. The number of ketones is 1. The van der Waals surface area contributed by atoms with Gasteiger partial charge in [0.05, 0.1) is 0 Å². The molecule has 0 atom stereocenters. The van der Waals surface area contributed by atoms with E-state index in [2.05, 4.69) is 15.6 Å². The second-order valence-electron chi connectivity index (χ2n) is 6.83. The minimum Gasteiger partial charge on any atom is -0.457 e. The highest BCUT2D eigenvalue weighted by Crippen LogP contribution is 2.20. The van der Waals surface area contributed by atoms with E-state index < -0.39 is 0 Å². The van der Waals surface area contributed by atoms with E-state index in [1.54, 1.807) is 0 Å². The Hall–Kier alpha value is -2.82. The van der Waals surface area contributed by atoms with E-state index in [0.717, 1.165) is 29.9 Å². The van der Waals surface area contributed by atoms with Crippen molar-refractivity contribution in [1.29, 1.82) is 0 Å². The minimum absolute atomic E-state index is 0.146. The van der Waals surface area contributed by atoms with E-state index in [4.69, 9.17) is 4.74 Å².